The molecule has 0 aliphatic rings. The smallest absolute Gasteiger partial charge is 0.0951 e. The van der Waals surface area contributed by atoms with E-state index in [4.69, 9.17) is 5.73 Å². The topological polar surface area (TPSA) is 56.7 Å². The Morgan fingerprint density at radius 2 is 2.27 bits per heavy atom. The van der Waals surface area contributed by atoms with Crippen LogP contribution in [0.3, 0.4) is 0 Å². The van der Waals surface area contributed by atoms with Crippen molar-refractivity contribution in [1.82, 2.24) is 14.5 Å². The maximum atomic E-state index is 5.84. The van der Waals surface area contributed by atoms with Gasteiger partial charge >= 0.3 is 0 Å². The van der Waals surface area contributed by atoms with Gasteiger partial charge in [-0.3, -0.25) is 4.98 Å². The van der Waals surface area contributed by atoms with Gasteiger partial charge in [-0.15, -0.1) is 0 Å². The van der Waals surface area contributed by atoms with Crippen LogP contribution >= 0.6 is 0 Å². The molecule has 0 aliphatic carbocycles. The van der Waals surface area contributed by atoms with Crippen molar-refractivity contribution in [2.24, 2.45) is 5.73 Å². The molecule has 0 aromatic carbocycles. The van der Waals surface area contributed by atoms with Gasteiger partial charge in [0, 0.05) is 24.6 Å². The number of hydrogen-bond donors (Lipinski definition) is 1. The van der Waals surface area contributed by atoms with E-state index in [1.165, 1.54) is 0 Å². The summed E-state index contributed by atoms with van der Waals surface area (Å²) >= 11 is 0. The van der Waals surface area contributed by atoms with E-state index in [0.717, 1.165) is 17.8 Å². The summed E-state index contributed by atoms with van der Waals surface area (Å²) in [5.41, 5.74) is 8.03. The zero-order valence-electron chi connectivity index (χ0n) is 8.67. The van der Waals surface area contributed by atoms with Crippen molar-refractivity contribution in [3.63, 3.8) is 0 Å². The summed E-state index contributed by atoms with van der Waals surface area (Å²) in [6.45, 7) is 2.72. The second-order valence-corrected chi connectivity index (χ2v) is 3.60. The summed E-state index contributed by atoms with van der Waals surface area (Å²) in [4.78, 5) is 8.18. The number of aromatic nitrogens is 3. The molecule has 2 aromatic rings. The van der Waals surface area contributed by atoms with E-state index in [2.05, 4.69) is 9.97 Å². The quantitative estimate of drug-likeness (QED) is 0.817. The van der Waals surface area contributed by atoms with Gasteiger partial charge in [0.25, 0.3) is 0 Å². The Labute approximate surface area is 88.8 Å². The van der Waals surface area contributed by atoms with E-state index in [-0.39, 0.29) is 6.04 Å². The van der Waals surface area contributed by atoms with Gasteiger partial charge in [0.05, 0.1) is 18.6 Å². The molecule has 78 valence electrons. The highest BCUT2D eigenvalue weighted by Gasteiger charge is 2.06. The van der Waals surface area contributed by atoms with Gasteiger partial charge in [0.1, 0.15) is 0 Å². The second kappa shape index (κ2) is 4.23. The number of pyridine rings is 1. The molecule has 4 heteroatoms. The van der Waals surface area contributed by atoms with Crippen molar-refractivity contribution < 1.29 is 0 Å². The van der Waals surface area contributed by atoms with Crippen LogP contribution in [0.2, 0.25) is 0 Å². The van der Waals surface area contributed by atoms with Crippen LogP contribution < -0.4 is 5.73 Å². The molecule has 4 nitrogen and oxygen atoms in total. The van der Waals surface area contributed by atoms with Crippen LogP contribution in [0.4, 0.5) is 0 Å². The Kier molecular flexibility index (Phi) is 2.78. The molecule has 2 aromatic heterocycles. The Bertz CT molecular complexity index is 419. The fourth-order valence-electron chi connectivity index (χ4n) is 1.53. The third-order valence-corrected chi connectivity index (χ3v) is 2.29. The standard InChI is InChI=1S/C11H14N4/c1-9(12)11-6-14-8-15(11)7-10-3-2-4-13-5-10/h2-6,8-9H,7,12H2,1H3. The molecule has 0 spiro atoms. The first-order valence-corrected chi connectivity index (χ1v) is 4.92. The second-order valence-electron chi connectivity index (χ2n) is 3.60. The van der Waals surface area contributed by atoms with Crippen molar-refractivity contribution in [2.75, 3.05) is 0 Å². The lowest BCUT2D eigenvalue weighted by atomic mass is 10.2. The predicted octanol–water partition coefficient (Wildman–Crippen LogP) is 1.35. The van der Waals surface area contributed by atoms with Crippen molar-refractivity contribution in [3.8, 4) is 0 Å². The van der Waals surface area contributed by atoms with E-state index in [0.29, 0.717) is 0 Å². The minimum atomic E-state index is 0.00386. The van der Waals surface area contributed by atoms with Gasteiger partial charge in [-0.2, -0.15) is 0 Å². The van der Waals surface area contributed by atoms with Crippen molar-refractivity contribution in [1.29, 1.82) is 0 Å². The average molecular weight is 202 g/mol. The first kappa shape index (κ1) is 9.86. The van der Waals surface area contributed by atoms with Crippen molar-refractivity contribution in [3.05, 3.63) is 48.3 Å². The molecule has 0 saturated carbocycles. The lowest BCUT2D eigenvalue weighted by molar-refractivity contribution is 0.673. The zero-order valence-corrected chi connectivity index (χ0v) is 8.67. The molecule has 0 amide bonds. The fourth-order valence-corrected chi connectivity index (χ4v) is 1.53. The molecule has 1 atom stereocenters. The van der Waals surface area contributed by atoms with Crippen molar-refractivity contribution in [2.45, 2.75) is 19.5 Å². The number of nitrogens with zero attached hydrogens (tertiary/aromatic N) is 3. The average Bonchev–Trinajstić information content (AvgIpc) is 2.67. The van der Waals surface area contributed by atoms with Gasteiger partial charge < -0.3 is 10.3 Å². The highest BCUT2D eigenvalue weighted by molar-refractivity contribution is 5.12. The van der Waals surface area contributed by atoms with Crippen LogP contribution in [0.5, 0.6) is 0 Å². The van der Waals surface area contributed by atoms with Crippen LogP contribution in [0.15, 0.2) is 37.1 Å². The van der Waals surface area contributed by atoms with Gasteiger partial charge in [0.15, 0.2) is 0 Å². The molecular weight excluding hydrogens is 188 g/mol. The van der Waals surface area contributed by atoms with E-state index in [9.17, 15) is 0 Å². The summed E-state index contributed by atoms with van der Waals surface area (Å²) in [7, 11) is 0. The molecule has 2 rings (SSSR count). The number of rotatable bonds is 3. The number of nitrogens with two attached hydrogens (primary N) is 1. The Morgan fingerprint density at radius 3 is 2.93 bits per heavy atom. The highest BCUT2D eigenvalue weighted by Crippen LogP contribution is 2.10. The summed E-state index contributed by atoms with van der Waals surface area (Å²) in [5, 5.41) is 0. The summed E-state index contributed by atoms with van der Waals surface area (Å²) < 4.78 is 2.04. The molecular formula is C11H14N4. The maximum Gasteiger partial charge on any atom is 0.0951 e. The third-order valence-electron chi connectivity index (χ3n) is 2.29. The van der Waals surface area contributed by atoms with E-state index in [1.54, 1.807) is 18.7 Å². The molecule has 15 heavy (non-hydrogen) atoms. The van der Waals surface area contributed by atoms with Crippen LogP contribution in [0.25, 0.3) is 0 Å². The van der Waals surface area contributed by atoms with Crippen LogP contribution in [-0.4, -0.2) is 14.5 Å². The van der Waals surface area contributed by atoms with Gasteiger partial charge in [-0.25, -0.2) is 4.98 Å². The summed E-state index contributed by atoms with van der Waals surface area (Å²) in [5.74, 6) is 0. The lowest BCUT2D eigenvalue weighted by Crippen LogP contribution is -2.12. The first-order valence-electron chi connectivity index (χ1n) is 4.92. The minimum Gasteiger partial charge on any atom is -0.329 e. The molecule has 0 fully saturated rings. The Morgan fingerprint density at radius 1 is 1.40 bits per heavy atom. The SMILES string of the molecule is CC(N)c1cncn1Cc1cccnc1. The Balaban J connectivity index is 2.21. The monoisotopic (exact) mass is 202 g/mol. The summed E-state index contributed by atoms with van der Waals surface area (Å²) in [6.07, 6.45) is 7.22. The number of hydrogen-bond acceptors (Lipinski definition) is 3. The molecule has 0 saturated heterocycles. The van der Waals surface area contributed by atoms with Gasteiger partial charge in [-0.1, -0.05) is 6.07 Å². The predicted molar refractivity (Wildman–Crippen MR) is 58.2 cm³/mol. The molecule has 2 heterocycles. The fraction of sp³-hybridized carbons (Fsp3) is 0.273. The first-order chi connectivity index (χ1) is 7.27. The molecule has 1 unspecified atom stereocenters. The molecule has 0 aliphatic heterocycles. The molecule has 2 N–H and O–H groups in total. The van der Waals surface area contributed by atoms with Crippen LogP contribution in [0, 0.1) is 0 Å². The van der Waals surface area contributed by atoms with E-state index in [1.807, 2.05) is 29.8 Å². The lowest BCUT2D eigenvalue weighted by Gasteiger charge is -2.10. The maximum absolute atomic E-state index is 5.84. The minimum absolute atomic E-state index is 0.00386. The van der Waals surface area contributed by atoms with Crippen LogP contribution in [0.1, 0.15) is 24.2 Å². The van der Waals surface area contributed by atoms with E-state index < -0.39 is 0 Å². The van der Waals surface area contributed by atoms with Gasteiger partial charge in [-0.05, 0) is 18.6 Å². The van der Waals surface area contributed by atoms with Crippen molar-refractivity contribution >= 4 is 0 Å². The third kappa shape index (κ3) is 2.22. The zero-order chi connectivity index (χ0) is 10.7. The van der Waals surface area contributed by atoms with Crippen LogP contribution in [-0.2, 0) is 6.54 Å². The largest absolute Gasteiger partial charge is 0.329 e. The highest BCUT2D eigenvalue weighted by atomic mass is 15.1. The van der Waals surface area contributed by atoms with E-state index >= 15 is 0 Å². The molecule has 0 radical (unpaired) electrons. The normalized spacial score (nSPS) is 12.7. The van der Waals surface area contributed by atoms with Gasteiger partial charge in [0.2, 0.25) is 0 Å². The number of imidazole rings is 1. The summed E-state index contributed by atoms with van der Waals surface area (Å²) in [6, 6.07) is 3.97. The Hall–Kier alpha value is -1.68. The molecule has 0 bridgehead atoms.